The third kappa shape index (κ3) is 3.20. The number of carbonyl (C=O) groups is 1. The molecule has 11 heavy (non-hydrogen) atoms. The predicted octanol–water partition coefficient (Wildman–Crippen LogP) is 1.09. The van der Waals surface area contributed by atoms with Crippen LogP contribution in [-0.4, -0.2) is 28.5 Å². The minimum atomic E-state index is -0.0712. The highest BCUT2D eigenvalue weighted by atomic mass is 32.2. The van der Waals surface area contributed by atoms with Gasteiger partial charge in [-0.3, -0.25) is 4.79 Å². The topological polar surface area (TPSA) is 29.1 Å². The van der Waals surface area contributed by atoms with Gasteiger partial charge in [0.1, 0.15) is 0 Å². The highest BCUT2D eigenvalue weighted by molar-refractivity contribution is 8.20. The second-order valence-electron chi connectivity index (χ2n) is 2.12. The van der Waals surface area contributed by atoms with Crippen LogP contribution in [0.1, 0.15) is 0 Å². The summed E-state index contributed by atoms with van der Waals surface area (Å²) >= 11 is 3.82. The van der Waals surface area contributed by atoms with Crippen LogP contribution in [0.4, 0.5) is 0 Å². The Kier molecular flexibility index (Phi) is 3.86. The van der Waals surface area contributed by atoms with Gasteiger partial charge in [0.05, 0.1) is 4.58 Å². The fourth-order valence-electron chi connectivity index (χ4n) is 0.781. The summed E-state index contributed by atoms with van der Waals surface area (Å²) in [4.78, 5) is 10.7. The summed E-state index contributed by atoms with van der Waals surface area (Å²) in [7, 11) is 0. The lowest BCUT2D eigenvalue weighted by molar-refractivity contribution is -0.116. The zero-order valence-corrected chi connectivity index (χ0v) is 7.84. The van der Waals surface area contributed by atoms with Gasteiger partial charge in [-0.1, -0.05) is 6.58 Å². The summed E-state index contributed by atoms with van der Waals surface area (Å²) in [5.41, 5.74) is 0. The SMILES string of the molecule is C=CC(=O)NCC1SCCS1. The minimum Gasteiger partial charge on any atom is -0.351 e. The maximum Gasteiger partial charge on any atom is 0.243 e. The van der Waals surface area contributed by atoms with E-state index in [-0.39, 0.29) is 5.91 Å². The molecule has 1 amide bonds. The smallest absolute Gasteiger partial charge is 0.243 e. The molecule has 0 aliphatic carbocycles. The van der Waals surface area contributed by atoms with Crippen LogP contribution in [0.3, 0.4) is 0 Å². The van der Waals surface area contributed by atoms with Crippen molar-refractivity contribution in [1.82, 2.24) is 5.32 Å². The number of rotatable bonds is 3. The Labute approximate surface area is 75.2 Å². The highest BCUT2D eigenvalue weighted by Crippen LogP contribution is 2.30. The van der Waals surface area contributed by atoms with Crippen molar-refractivity contribution < 1.29 is 4.79 Å². The van der Waals surface area contributed by atoms with Gasteiger partial charge in [0.15, 0.2) is 0 Å². The van der Waals surface area contributed by atoms with Crippen molar-refractivity contribution in [3.63, 3.8) is 0 Å². The monoisotopic (exact) mass is 189 g/mol. The molecule has 4 heteroatoms. The van der Waals surface area contributed by atoms with E-state index in [1.165, 1.54) is 17.6 Å². The first kappa shape index (κ1) is 9.00. The first-order valence-electron chi connectivity index (χ1n) is 3.46. The van der Waals surface area contributed by atoms with Crippen LogP contribution in [0.25, 0.3) is 0 Å². The van der Waals surface area contributed by atoms with Gasteiger partial charge in [-0.25, -0.2) is 0 Å². The first-order chi connectivity index (χ1) is 5.33. The van der Waals surface area contributed by atoms with Crippen LogP contribution in [-0.2, 0) is 4.79 Å². The van der Waals surface area contributed by atoms with E-state index in [2.05, 4.69) is 11.9 Å². The van der Waals surface area contributed by atoms with E-state index < -0.39 is 0 Å². The maximum absolute atomic E-state index is 10.7. The van der Waals surface area contributed by atoms with Crippen molar-refractivity contribution in [1.29, 1.82) is 0 Å². The summed E-state index contributed by atoms with van der Waals surface area (Å²) in [5.74, 6) is 2.34. The highest BCUT2D eigenvalue weighted by Gasteiger charge is 2.15. The summed E-state index contributed by atoms with van der Waals surface area (Å²) in [5, 5.41) is 2.78. The Bertz CT molecular complexity index is 155. The van der Waals surface area contributed by atoms with Crippen LogP contribution in [0, 0.1) is 0 Å². The molecular formula is C7H11NOS2. The number of thioether (sulfide) groups is 2. The van der Waals surface area contributed by atoms with Crippen molar-refractivity contribution in [2.24, 2.45) is 0 Å². The van der Waals surface area contributed by atoms with Gasteiger partial charge in [-0.15, -0.1) is 23.5 Å². The molecule has 1 N–H and O–H groups in total. The molecule has 0 spiro atoms. The maximum atomic E-state index is 10.7. The van der Waals surface area contributed by atoms with E-state index >= 15 is 0 Å². The van der Waals surface area contributed by atoms with E-state index in [1.807, 2.05) is 23.5 Å². The molecule has 0 aromatic rings. The number of amides is 1. The van der Waals surface area contributed by atoms with Gasteiger partial charge in [0.25, 0.3) is 0 Å². The van der Waals surface area contributed by atoms with Crippen LogP contribution in [0.15, 0.2) is 12.7 Å². The summed E-state index contributed by atoms with van der Waals surface area (Å²) < 4.78 is 0.555. The standard InChI is InChI=1S/C7H11NOS2/c1-2-6(9)8-5-7-10-3-4-11-7/h2,7H,1,3-5H2,(H,8,9). The van der Waals surface area contributed by atoms with Crippen molar-refractivity contribution in [2.45, 2.75) is 4.58 Å². The molecule has 0 saturated carbocycles. The normalized spacial score (nSPS) is 18.2. The van der Waals surface area contributed by atoms with Gasteiger partial charge < -0.3 is 5.32 Å². The lowest BCUT2D eigenvalue weighted by Gasteiger charge is -2.06. The van der Waals surface area contributed by atoms with E-state index in [4.69, 9.17) is 0 Å². The third-order valence-corrected chi connectivity index (χ3v) is 4.35. The molecule has 0 aromatic heterocycles. The second kappa shape index (κ2) is 4.72. The van der Waals surface area contributed by atoms with Gasteiger partial charge >= 0.3 is 0 Å². The number of carbonyl (C=O) groups excluding carboxylic acids is 1. The Morgan fingerprint density at radius 2 is 2.27 bits per heavy atom. The largest absolute Gasteiger partial charge is 0.351 e. The molecule has 1 heterocycles. The lowest BCUT2D eigenvalue weighted by atomic mass is 10.5. The summed E-state index contributed by atoms with van der Waals surface area (Å²) in [6, 6.07) is 0. The molecule has 0 bridgehead atoms. The van der Waals surface area contributed by atoms with Crippen molar-refractivity contribution in [2.75, 3.05) is 18.1 Å². The number of hydrogen-bond donors (Lipinski definition) is 1. The Hall–Kier alpha value is -0.0900. The second-order valence-corrected chi connectivity index (χ2v) is 5.04. The average Bonchev–Trinajstić information content (AvgIpc) is 2.52. The summed E-state index contributed by atoms with van der Waals surface area (Å²) in [6.45, 7) is 4.14. The fraction of sp³-hybridized carbons (Fsp3) is 0.571. The number of nitrogens with one attached hydrogen (secondary N) is 1. The Balaban J connectivity index is 2.10. The lowest BCUT2D eigenvalue weighted by Crippen LogP contribution is -2.26. The zero-order chi connectivity index (χ0) is 8.10. The molecule has 1 aliphatic heterocycles. The van der Waals surface area contributed by atoms with Gasteiger partial charge in [-0.2, -0.15) is 0 Å². The van der Waals surface area contributed by atoms with Gasteiger partial charge in [0.2, 0.25) is 5.91 Å². The average molecular weight is 189 g/mol. The molecule has 0 atom stereocenters. The third-order valence-electron chi connectivity index (χ3n) is 1.32. The van der Waals surface area contributed by atoms with Crippen LogP contribution in [0.2, 0.25) is 0 Å². The quantitative estimate of drug-likeness (QED) is 0.674. The van der Waals surface area contributed by atoms with Crippen molar-refractivity contribution >= 4 is 29.4 Å². The van der Waals surface area contributed by atoms with Crippen LogP contribution in [0.5, 0.6) is 0 Å². The molecule has 2 nitrogen and oxygen atoms in total. The summed E-state index contributed by atoms with van der Waals surface area (Å²) in [6.07, 6.45) is 1.31. The van der Waals surface area contributed by atoms with Gasteiger partial charge in [-0.05, 0) is 6.08 Å². The molecule has 0 radical (unpaired) electrons. The molecule has 0 unspecified atom stereocenters. The molecular weight excluding hydrogens is 178 g/mol. The van der Waals surface area contributed by atoms with E-state index in [9.17, 15) is 4.79 Å². The van der Waals surface area contributed by atoms with Gasteiger partial charge in [0, 0.05) is 18.1 Å². The van der Waals surface area contributed by atoms with Crippen LogP contribution < -0.4 is 5.32 Å². The van der Waals surface area contributed by atoms with Crippen molar-refractivity contribution in [3.8, 4) is 0 Å². The molecule has 1 rings (SSSR count). The van der Waals surface area contributed by atoms with E-state index in [0.717, 1.165) is 6.54 Å². The molecule has 1 saturated heterocycles. The molecule has 0 aromatic carbocycles. The number of hydrogen-bond acceptors (Lipinski definition) is 3. The minimum absolute atomic E-state index is 0.0712. The van der Waals surface area contributed by atoms with E-state index in [1.54, 1.807) is 0 Å². The van der Waals surface area contributed by atoms with Crippen molar-refractivity contribution in [3.05, 3.63) is 12.7 Å². The fourth-order valence-corrected chi connectivity index (χ4v) is 3.44. The Morgan fingerprint density at radius 1 is 1.64 bits per heavy atom. The van der Waals surface area contributed by atoms with E-state index in [0.29, 0.717) is 4.58 Å². The molecule has 62 valence electrons. The molecule has 1 aliphatic rings. The predicted molar refractivity (Wildman–Crippen MR) is 51.9 cm³/mol. The zero-order valence-electron chi connectivity index (χ0n) is 6.21. The Morgan fingerprint density at radius 3 is 2.82 bits per heavy atom. The van der Waals surface area contributed by atoms with Crippen LogP contribution >= 0.6 is 23.5 Å². The first-order valence-corrected chi connectivity index (χ1v) is 5.56. The molecule has 1 fully saturated rings.